The van der Waals surface area contributed by atoms with Crippen LogP contribution in [0.5, 0.6) is 0 Å². The molecule has 3 aliphatic carbocycles. The monoisotopic (exact) mass is 518 g/mol. The lowest BCUT2D eigenvalue weighted by molar-refractivity contribution is -0.199. The molecule has 4 fully saturated rings. The van der Waals surface area contributed by atoms with Gasteiger partial charge in [-0.3, -0.25) is 14.6 Å². The summed E-state index contributed by atoms with van der Waals surface area (Å²) in [5, 5.41) is 6.08. The van der Waals surface area contributed by atoms with Gasteiger partial charge in [0, 0.05) is 18.8 Å². The van der Waals surface area contributed by atoms with Crippen molar-refractivity contribution in [2.45, 2.75) is 84.0 Å². The summed E-state index contributed by atoms with van der Waals surface area (Å²) in [4.78, 5) is 34.8. The van der Waals surface area contributed by atoms with Gasteiger partial charge in [0.25, 0.3) is 5.91 Å². The Bertz CT molecular complexity index is 1150. The molecule has 4 aliphatic rings. The highest BCUT2D eigenvalue weighted by atomic mass is 16.7. The van der Waals surface area contributed by atoms with E-state index in [-0.39, 0.29) is 34.7 Å². The zero-order chi connectivity index (χ0) is 27.1. The average molecular weight is 518 g/mol. The van der Waals surface area contributed by atoms with Gasteiger partial charge in [0.1, 0.15) is 11.7 Å². The SMILES string of the molecule is CC(C)C[C@H](NC(=O)[C@H](Cc1ccccc1)NC(=O)c1cnccn1)B1OC2CC3CC(C3(C)C)[C@@]2(C)O1. The molecule has 3 unspecified atom stereocenters. The number of benzene rings is 1. The molecule has 2 amide bonds. The second-order valence-corrected chi connectivity index (χ2v) is 12.4. The zero-order valence-corrected chi connectivity index (χ0v) is 23.0. The van der Waals surface area contributed by atoms with Crippen molar-refractivity contribution in [1.82, 2.24) is 20.6 Å². The molecule has 1 saturated heterocycles. The van der Waals surface area contributed by atoms with Gasteiger partial charge in [-0.15, -0.1) is 0 Å². The lowest BCUT2D eigenvalue weighted by atomic mass is 9.43. The fourth-order valence-electron chi connectivity index (χ4n) is 6.81. The van der Waals surface area contributed by atoms with E-state index in [9.17, 15) is 9.59 Å². The van der Waals surface area contributed by atoms with Crippen LogP contribution in [-0.2, 0) is 20.5 Å². The summed E-state index contributed by atoms with van der Waals surface area (Å²) in [6.45, 7) is 11.1. The second-order valence-electron chi connectivity index (χ2n) is 12.4. The Kier molecular flexibility index (Phi) is 7.35. The predicted molar refractivity (Wildman–Crippen MR) is 145 cm³/mol. The van der Waals surface area contributed by atoms with Crippen LogP contribution in [0.1, 0.15) is 69.9 Å². The molecule has 1 aromatic carbocycles. The van der Waals surface area contributed by atoms with Crippen LogP contribution in [-0.4, -0.2) is 52.6 Å². The first kappa shape index (κ1) is 26.8. The molecule has 9 heteroatoms. The lowest BCUT2D eigenvalue weighted by Gasteiger charge is -2.64. The topological polar surface area (TPSA) is 102 Å². The molecule has 3 saturated carbocycles. The van der Waals surface area contributed by atoms with Crippen LogP contribution in [0.15, 0.2) is 48.9 Å². The van der Waals surface area contributed by atoms with Crippen molar-refractivity contribution in [2.75, 3.05) is 0 Å². The van der Waals surface area contributed by atoms with E-state index in [1.807, 2.05) is 30.3 Å². The average Bonchev–Trinajstić information content (AvgIpc) is 3.26. The van der Waals surface area contributed by atoms with E-state index in [2.05, 4.69) is 55.2 Å². The number of carbonyl (C=O) groups excluding carboxylic acids is 2. The van der Waals surface area contributed by atoms with Crippen molar-refractivity contribution in [3.8, 4) is 0 Å². The summed E-state index contributed by atoms with van der Waals surface area (Å²) in [7, 11) is -0.528. The van der Waals surface area contributed by atoms with Gasteiger partial charge in [-0.25, -0.2) is 4.98 Å². The van der Waals surface area contributed by atoms with Crippen molar-refractivity contribution >= 4 is 18.9 Å². The number of hydrogen-bond donors (Lipinski definition) is 2. The minimum Gasteiger partial charge on any atom is -0.404 e. The third-order valence-electron chi connectivity index (χ3n) is 9.05. The number of nitrogens with zero attached hydrogens (tertiary/aromatic N) is 2. The molecule has 6 rings (SSSR count). The molecule has 2 heterocycles. The number of rotatable bonds is 9. The van der Waals surface area contributed by atoms with Crippen molar-refractivity contribution < 1.29 is 18.9 Å². The van der Waals surface area contributed by atoms with E-state index in [1.54, 1.807) is 0 Å². The first-order chi connectivity index (χ1) is 18.1. The normalized spacial score (nSPS) is 28.7. The third kappa shape index (κ3) is 5.10. The number of hydrogen-bond acceptors (Lipinski definition) is 6. The van der Waals surface area contributed by atoms with Crippen molar-refractivity contribution in [2.24, 2.45) is 23.2 Å². The van der Waals surface area contributed by atoms with Gasteiger partial charge in [0.05, 0.1) is 23.8 Å². The van der Waals surface area contributed by atoms with E-state index in [4.69, 9.17) is 9.31 Å². The Hall–Kier alpha value is -2.78. The molecule has 2 aromatic rings. The summed E-state index contributed by atoms with van der Waals surface area (Å²) < 4.78 is 13.2. The summed E-state index contributed by atoms with van der Waals surface area (Å²) in [6.07, 6.45) is 7.60. The molecule has 2 bridgehead atoms. The first-order valence-corrected chi connectivity index (χ1v) is 13.8. The van der Waals surface area contributed by atoms with Crippen LogP contribution in [0.3, 0.4) is 0 Å². The number of nitrogens with one attached hydrogen (secondary N) is 2. The van der Waals surface area contributed by atoms with Crippen molar-refractivity contribution in [3.05, 3.63) is 60.2 Å². The van der Waals surface area contributed by atoms with Gasteiger partial charge in [0.15, 0.2) is 0 Å². The highest BCUT2D eigenvalue weighted by molar-refractivity contribution is 6.48. The Morgan fingerprint density at radius 2 is 1.87 bits per heavy atom. The number of amides is 2. The van der Waals surface area contributed by atoms with Crippen LogP contribution in [0.4, 0.5) is 0 Å². The van der Waals surface area contributed by atoms with E-state index in [1.165, 1.54) is 25.0 Å². The Morgan fingerprint density at radius 3 is 2.53 bits per heavy atom. The van der Waals surface area contributed by atoms with Crippen LogP contribution in [0.2, 0.25) is 0 Å². The number of carbonyl (C=O) groups is 2. The highest BCUT2D eigenvalue weighted by Gasteiger charge is 2.68. The number of aromatic nitrogens is 2. The van der Waals surface area contributed by atoms with E-state index in [0.29, 0.717) is 30.6 Å². The molecule has 202 valence electrons. The maximum absolute atomic E-state index is 13.8. The molecule has 8 nitrogen and oxygen atoms in total. The van der Waals surface area contributed by atoms with Gasteiger partial charge in [-0.1, -0.05) is 58.0 Å². The first-order valence-electron chi connectivity index (χ1n) is 13.8. The van der Waals surface area contributed by atoms with Crippen LogP contribution >= 0.6 is 0 Å². The standard InChI is InChI=1S/C29H39BN4O4/c1-18(2)13-25(30-37-24-16-20-15-23(28(20,3)4)29(24,5)38-30)34-26(35)21(14-19-9-7-6-8-10-19)33-27(36)22-17-31-11-12-32-22/h6-12,17-18,20-21,23-25H,13-16H2,1-5H3,(H,33,36)(H,34,35)/t20?,21-,23?,24?,25-,29+/m0/s1. The van der Waals surface area contributed by atoms with Crippen LogP contribution in [0.25, 0.3) is 0 Å². The lowest BCUT2D eigenvalue weighted by Crippen LogP contribution is -2.65. The minimum absolute atomic E-state index is 0.0345. The summed E-state index contributed by atoms with van der Waals surface area (Å²) in [5.41, 5.74) is 0.998. The molecular formula is C29H39BN4O4. The van der Waals surface area contributed by atoms with E-state index >= 15 is 0 Å². The van der Waals surface area contributed by atoms with Gasteiger partial charge in [0.2, 0.25) is 5.91 Å². The maximum atomic E-state index is 13.8. The van der Waals surface area contributed by atoms with Gasteiger partial charge in [-0.05, 0) is 54.9 Å². The maximum Gasteiger partial charge on any atom is 0.481 e. The Balaban J connectivity index is 1.34. The largest absolute Gasteiger partial charge is 0.481 e. The van der Waals surface area contributed by atoms with E-state index in [0.717, 1.165) is 12.0 Å². The Morgan fingerprint density at radius 1 is 1.11 bits per heavy atom. The van der Waals surface area contributed by atoms with E-state index < -0.39 is 19.1 Å². The molecule has 1 aliphatic heterocycles. The summed E-state index contributed by atoms with van der Waals surface area (Å²) in [6, 6.07) is 8.87. The van der Waals surface area contributed by atoms with Gasteiger partial charge < -0.3 is 19.9 Å². The molecule has 0 spiro atoms. The highest BCUT2D eigenvalue weighted by Crippen LogP contribution is 2.65. The molecule has 2 N–H and O–H groups in total. The molecule has 0 radical (unpaired) electrons. The fourth-order valence-corrected chi connectivity index (χ4v) is 6.81. The van der Waals surface area contributed by atoms with Gasteiger partial charge in [-0.2, -0.15) is 0 Å². The van der Waals surface area contributed by atoms with Crippen LogP contribution < -0.4 is 10.6 Å². The van der Waals surface area contributed by atoms with Gasteiger partial charge >= 0.3 is 7.12 Å². The molecular weight excluding hydrogens is 479 g/mol. The fraction of sp³-hybridized carbons (Fsp3) is 0.586. The summed E-state index contributed by atoms with van der Waals surface area (Å²) >= 11 is 0. The van der Waals surface area contributed by atoms with Crippen molar-refractivity contribution in [3.63, 3.8) is 0 Å². The predicted octanol–water partition coefficient (Wildman–Crippen LogP) is 3.62. The van der Waals surface area contributed by atoms with Crippen LogP contribution in [0, 0.1) is 23.2 Å². The zero-order valence-electron chi connectivity index (χ0n) is 23.0. The second kappa shape index (κ2) is 10.4. The molecule has 6 atom stereocenters. The Labute approximate surface area is 225 Å². The van der Waals surface area contributed by atoms with Crippen molar-refractivity contribution in [1.29, 1.82) is 0 Å². The minimum atomic E-state index is -0.799. The third-order valence-corrected chi connectivity index (χ3v) is 9.05. The quantitative estimate of drug-likeness (QED) is 0.492. The molecule has 38 heavy (non-hydrogen) atoms. The smallest absolute Gasteiger partial charge is 0.404 e. The summed E-state index contributed by atoms with van der Waals surface area (Å²) in [5.74, 6) is 0.359. The molecule has 1 aromatic heterocycles.